The Balaban J connectivity index is 2.40. The first-order chi connectivity index (χ1) is 7.08. The van der Waals surface area contributed by atoms with Gasteiger partial charge in [0.15, 0.2) is 0 Å². The third-order valence-electron chi connectivity index (χ3n) is 1.61. The van der Waals surface area contributed by atoms with Crippen molar-refractivity contribution < 1.29 is 4.79 Å². The number of carbonyl (C=O) groups excluding carboxylic acids is 1. The van der Waals surface area contributed by atoms with Gasteiger partial charge >= 0.3 is 0 Å². The third kappa shape index (κ3) is 4.60. The highest BCUT2D eigenvalue weighted by Crippen LogP contribution is 2.10. The fourth-order valence-corrected chi connectivity index (χ4v) is 1.28. The molecule has 2 N–H and O–H groups in total. The van der Waals surface area contributed by atoms with Gasteiger partial charge in [-0.1, -0.05) is 11.6 Å². The lowest BCUT2D eigenvalue weighted by molar-refractivity contribution is -0.118. The summed E-state index contributed by atoms with van der Waals surface area (Å²) in [6.07, 6.45) is 0. The van der Waals surface area contributed by atoms with Crippen molar-refractivity contribution in [3.8, 4) is 0 Å². The minimum atomic E-state index is -0.0475. The van der Waals surface area contributed by atoms with Gasteiger partial charge in [-0.2, -0.15) is 0 Å². The van der Waals surface area contributed by atoms with E-state index in [9.17, 15) is 4.79 Å². The normalized spacial score (nSPS) is 9.80. The van der Waals surface area contributed by atoms with Gasteiger partial charge in [0.25, 0.3) is 0 Å². The number of nitrogens with zero attached hydrogens (tertiary/aromatic N) is 2. The lowest BCUT2D eigenvalue weighted by atomic mass is 10.5. The Hall–Kier alpha value is -1.36. The maximum atomic E-state index is 10.6. The van der Waals surface area contributed by atoms with Crippen LogP contribution in [0.5, 0.6) is 0 Å². The molecule has 0 aliphatic heterocycles. The number of hydrogen-bond acceptors (Lipinski definition) is 4. The van der Waals surface area contributed by atoms with Gasteiger partial charge in [-0.05, 0) is 6.92 Å². The van der Waals surface area contributed by atoms with Crippen molar-refractivity contribution in [3.05, 3.63) is 17.0 Å². The van der Waals surface area contributed by atoms with Crippen LogP contribution in [0.3, 0.4) is 0 Å². The van der Waals surface area contributed by atoms with Gasteiger partial charge < -0.3 is 10.6 Å². The van der Waals surface area contributed by atoms with Gasteiger partial charge in [0.05, 0.1) is 0 Å². The fourth-order valence-electron chi connectivity index (χ4n) is 1.05. The smallest absolute Gasteiger partial charge is 0.216 e. The van der Waals surface area contributed by atoms with Crippen molar-refractivity contribution in [2.45, 2.75) is 13.8 Å². The first kappa shape index (κ1) is 11.7. The van der Waals surface area contributed by atoms with Gasteiger partial charge in [0, 0.05) is 26.1 Å². The summed E-state index contributed by atoms with van der Waals surface area (Å²) < 4.78 is 0. The number of aromatic nitrogens is 2. The fraction of sp³-hybridized carbons (Fsp3) is 0.444. The number of hydrogen-bond donors (Lipinski definition) is 2. The Morgan fingerprint density at radius 2 is 2.20 bits per heavy atom. The minimum Gasteiger partial charge on any atom is -0.368 e. The molecule has 0 aromatic carbocycles. The predicted molar refractivity (Wildman–Crippen MR) is 59.0 cm³/mol. The second-order valence-electron chi connectivity index (χ2n) is 3.03. The van der Waals surface area contributed by atoms with Crippen molar-refractivity contribution in [2.75, 3.05) is 18.4 Å². The van der Waals surface area contributed by atoms with Crippen LogP contribution in [0.1, 0.15) is 12.7 Å². The van der Waals surface area contributed by atoms with E-state index in [1.54, 1.807) is 13.0 Å². The Labute approximate surface area is 93.3 Å². The molecule has 0 bridgehead atoms. The molecule has 0 radical (unpaired) electrons. The van der Waals surface area contributed by atoms with E-state index in [2.05, 4.69) is 20.6 Å². The molecular weight excluding hydrogens is 216 g/mol. The summed E-state index contributed by atoms with van der Waals surface area (Å²) >= 11 is 5.75. The lowest BCUT2D eigenvalue weighted by Crippen LogP contribution is -2.26. The molecule has 6 heteroatoms. The van der Waals surface area contributed by atoms with E-state index >= 15 is 0 Å². The Bertz CT molecular complexity index is 336. The molecule has 1 aromatic heterocycles. The summed E-state index contributed by atoms with van der Waals surface area (Å²) in [4.78, 5) is 18.6. The maximum absolute atomic E-state index is 10.6. The summed E-state index contributed by atoms with van der Waals surface area (Å²) in [6, 6.07) is 1.64. The number of halogens is 1. The van der Waals surface area contributed by atoms with E-state index in [-0.39, 0.29) is 5.91 Å². The van der Waals surface area contributed by atoms with E-state index in [4.69, 9.17) is 11.6 Å². The topological polar surface area (TPSA) is 66.9 Å². The second-order valence-corrected chi connectivity index (χ2v) is 3.42. The van der Waals surface area contributed by atoms with Gasteiger partial charge in [0.1, 0.15) is 16.8 Å². The quantitative estimate of drug-likeness (QED) is 0.596. The molecule has 0 spiro atoms. The molecule has 0 atom stereocenters. The molecule has 5 nitrogen and oxygen atoms in total. The van der Waals surface area contributed by atoms with Crippen molar-refractivity contribution in [1.82, 2.24) is 15.3 Å². The van der Waals surface area contributed by atoms with Gasteiger partial charge in [-0.3, -0.25) is 4.79 Å². The average Bonchev–Trinajstić information content (AvgIpc) is 2.10. The predicted octanol–water partition coefficient (Wildman–Crippen LogP) is 0.986. The van der Waals surface area contributed by atoms with Crippen molar-refractivity contribution in [3.63, 3.8) is 0 Å². The SMILES string of the molecule is CC(=O)NCCNc1cc(Cl)nc(C)n1. The number of amides is 1. The molecule has 0 aliphatic rings. The zero-order valence-electron chi connectivity index (χ0n) is 8.67. The van der Waals surface area contributed by atoms with Crippen LogP contribution in [0.25, 0.3) is 0 Å². The minimum absolute atomic E-state index is 0.0475. The molecular formula is C9H13ClN4O. The largest absolute Gasteiger partial charge is 0.368 e. The summed E-state index contributed by atoms with van der Waals surface area (Å²) in [6.45, 7) is 4.40. The van der Waals surface area contributed by atoms with E-state index in [1.165, 1.54) is 6.92 Å². The molecule has 82 valence electrons. The highest BCUT2D eigenvalue weighted by molar-refractivity contribution is 6.29. The number of aryl methyl sites for hydroxylation is 1. The van der Waals surface area contributed by atoms with Crippen LogP contribution in [0.15, 0.2) is 6.07 Å². The summed E-state index contributed by atoms with van der Waals surface area (Å²) in [5, 5.41) is 6.11. The van der Waals surface area contributed by atoms with Crippen LogP contribution >= 0.6 is 11.6 Å². The molecule has 0 saturated heterocycles. The Morgan fingerprint density at radius 3 is 2.80 bits per heavy atom. The van der Waals surface area contributed by atoms with E-state index in [1.807, 2.05) is 0 Å². The maximum Gasteiger partial charge on any atom is 0.216 e. The zero-order chi connectivity index (χ0) is 11.3. The molecule has 0 fully saturated rings. The van der Waals surface area contributed by atoms with Gasteiger partial charge in [-0.15, -0.1) is 0 Å². The van der Waals surface area contributed by atoms with Crippen LogP contribution in [0.2, 0.25) is 5.15 Å². The first-order valence-electron chi connectivity index (χ1n) is 4.57. The van der Waals surface area contributed by atoms with E-state index in [0.717, 1.165) is 0 Å². The average molecular weight is 229 g/mol. The zero-order valence-corrected chi connectivity index (χ0v) is 9.43. The van der Waals surface area contributed by atoms with Crippen molar-refractivity contribution >= 4 is 23.3 Å². The molecule has 0 unspecified atom stereocenters. The standard InChI is InChI=1S/C9H13ClN4O/c1-6-13-8(10)5-9(14-6)12-4-3-11-7(2)15/h5H,3-4H2,1-2H3,(H,11,15)(H,12,13,14). The molecule has 0 saturated carbocycles. The van der Waals surface area contributed by atoms with Crippen molar-refractivity contribution in [2.24, 2.45) is 0 Å². The second kappa shape index (κ2) is 5.50. The van der Waals surface area contributed by atoms with Crippen LogP contribution in [0.4, 0.5) is 5.82 Å². The number of carbonyl (C=O) groups is 1. The molecule has 0 aliphatic carbocycles. The number of anilines is 1. The number of nitrogens with one attached hydrogen (secondary N) is 2. The number of rotatable bonds is 4. The lowest BCUT2D eigenvalue weighted by Gasteiger charge is -2.06. The molecule has 1 aromatic rings. The molecule has 15 heavy (non-hydrogen) atoms. The van der Waals surface area contributed by atoms with Crippen molar-refractivity contribution in [1.29, 1.82) is 0 Å². The summed E-state index contributed by atoms with van der Waals surface area (Å²) in [5.74, 6) is 1.23. The van der Waals surface area contributed by atoms with Gasteiger partial charge in [0.2, 0.25) is 5.91 Å². The third-order valence-corrected chi connectivity index (χ3v) is 1.81. The van der Waals surface area contributed by atoms with Gasteiger partial charge in [-0.25, -0.2) is 9.97 Å². The van der Waals surface area contributed by atoms with E-state index in [0.29, 0.717) is 29.9 Å². The van der Waals surface area contributed by atoms with Crippen LogP contribution in [-0.4, -0.2) is 29.0 Å². The Kier molecular flexibility index (Phi) is 4.30. The highest BCUT2D eigenvalue weighted by Gasteiger charge is 1.98. The molecule has 1 rings (SSSR count). The molecule has 1 amide bonds. The Morgan fingerprint density at radius 1 is 1.47 bits per heavy atom. The molecule has 1 heterocycles. The van der Waals surface area contributed by atoms with Crippen LogP contribution in [0, 0.1) is 6.92 Å². The summed E-state index contributed by atoms with van der Waals surface area (Å²) in [7, 11) is 0. The monoisotopic (exact) mass is 228 g/mol. The summed E-state index contributed by atoms with van der Waals surface area (Å²) in [5.41, 5.74) is 0. The first-order valence-corrected chi connectivity index (χ1v) is 4.95. The van der Waals surface area contributed by atoms with Crippen LogP contribution < -0.4 is 10.6 Å². The highest BCUT2D eigenvalue weighted by atomic mass is 35.5. The van der Waals surface area contributed by atoms with Crippen LogP contribution in [-0.2, 0) is 4.79 Å². The van der Waals surface area contributed by atoms with E-state index < -0.39 is 0 Å².